The van der Waals surface area contributed by atoms with Gasteiger partial charge >= 0.3 is 0 Å². The van der Waals surface area contributed by atoms with Gasteiger partial charge in [-0.05, 0) is 37.4 Å². The lowest BCUT2D eigenvalue weighted by Gasteiger charge is -2.34. The average Bonchev–Trinajstić information content (AvgIpc) is 3.01. The minimum Gasteiger partial charge on any atom is -0.383 e. The van der Waals surface area contributed by atoms with Crippen molar-refractivity contribution in [1.29, 1.82) is 0 Å². The Kier molecular flexibility index (Phi) is 4.72. The molecule has 5 heteroatoms. The monoisotopic (exact) mass is 288 g/mol. The molecule has 0 aromatic carbocycles. The third-order valence-electron chi connectivity index (χ3n) is 4.26. The van der Waals surface area contributed by atoms with Crippen molar-refractivity contribution in [3.8, 4) is 0 Å². The minimum absolute atomic E-state index is 0.778. The van der Waals surface area contributed by atoms with E-state index in [2.05, 4.69) is 37.8 Å². The first-order valence-corrected chi connectivity index (χ1v) is 7.75. The van der Waals surface area contributed by atoms with Crippen LogP contribution in [0.15, 0.2) is 30.6 Å². The van der Waals surface area contributed by atoms with E-state index in [1.165, 1.54) is 18.7 Å². The summed E-state index contributed by atoms with van der Waals surface area (Å²) < 4.78 is 7.24. The molecule has 0 atom stereocenters. The number of pyridine rings is 1. The fraction of sp³-hybridized carbons (Fsp3) is 0.562. The number of rotatable bonds is 6. The molecule has 5 nitrogen and oxygen atoms in total. The Morgan fingerprint density at radius 2 is 2.19 bits per heavy atom. The van der Waals surface area contributed by atoms with Crippen LogP contribution in [0, 0.1) is 5.92 Å². The molecule has 0 unspecified atom stereocenters. The molecule has 1 aliphatic rings. The van der Waals surface area contributed by atoms with Crippen molar-refractivity contribution in [2.24, 2.45) is 5.92 Å². The van der Waals surface area contributed by atoms with Crippen molar-refractivity contribution >= 4 is 11.5 Å². The Bertz CT molecular complexity index is 560. The summed E-state index contributed by atoms with van der Waals surface area (Å²) in [5, 5.41) is 3.48. The molecule has 0 amide bonds. The van der Waals surface area contributed by atoms with Crippen molar-refractivity contribution in [1.82, 2.24) is 14.7 Å². The van der Waals surface area contributed by atoms with Crippen molar-refractivity contribution < 1.29 is 4.74 Å². The second-order valence-electron chi connectivity index (χ2n) is 5.67. The zero-order valence-electron chi connectivity index (χ0n) is 12.7. The standard InChI is InChI=1S/C16H24N4O/c1-21-12-8-17-13-14-5-9-19(10-6-14)16-4-2-3-15-18-7-11-20(15)16/h2-4,7,11,14,17H,5-6,8-10,12-13H2,1H3. The van der Waals surface area contributed by atoms with Crippen LogP contribution in [0.25, 0.3) is 5.65 Å². The van der Waals surface area contributed by atoms with Gasteiger partial charge in [0.15, 0.2) is 0 Å². The Morgan fingerprint density at radius 1 is 1.33 bits per heavy atom. The highest BCUT2D eigenvalue weighted by atomic mass is 16.5. The molecule has 1 N–H and O–H groups in total. The van der Waals surface area contributed by atoms with Crippen molar-refractivity contribution in [2.45, 2.75) is 12.8 Å². The van der Waals surface area contributed by atoms with Crippen LogP contribution in [0.1, 0.15) is 12.8 Å². The first kappa shape index (κ1) is 14.4. The van der Waals surface area contributed by atoms with Crippen LogP contribution >= 0.6 is 0 Å². The van der Waals surface area contributed by atoms with Gasteiger partial charge in [-0.25, -0.2) is 4.98 Å². The lowest BCUT2D eigenvalue weighted by molar-refractivity contribution is 0.196. The van der Waals surface area contributed by atoms with Crippen LogP contribution in [0.5, 0.6) is 0 Å². The number of imidazole rings is 1. The Labute approximate surface area is 125 Å². The maximum Gasteiger partial charge on any atom is 0.138 e. The van der Waals surface area contributed by atoms with E-state index in [0.717, 1.165) is 44.4 Å². The third kappa shape index (κ3) is 3.36. The first-order chi connectivity index (χ1) is 10.4. The Hall–Kier alpha value is -1.59. The van der Waals surface area contributed by atoms with E-state index < -0.39 is 0 Å². The molecular weight excluding hydrogens is 264 g/mol. The van der Waals surface area contributed by atoms with Gasteiger partial charge in [-0.3, -0.25) is 4.40 Å². The minimum atomic E-state index is 0.778. The number of hydrogen-bond donors (Lipinski definition) is 1. The van der Waals surface area contributed by atoms with Gasteiger partial charge in [-0.15, -0.1) is 0 Å². The summed E-state index contributed by atoms with van der Waals surface area (Å²) in [6.07, 6.45) is 6.39. The number of methoxy groups -OCH3 is 1. The lowest BCUT2D eigenvalue weighted by Crippen LogP contribution is -2.38. The first-order valence-electron chi connectivity index (χ1n) is 7.75. The molecular formula is C16H24N4O. The zero-order chi connectivity index (χ0) is 14.5. The molecule has 2 aromatic heterocycles. The van der Waals surface area contributed by atoms with E-state index in [-0.39, 0.29) is 0 Å². The highest BCUT2D eigenvalue weighted by Crippen LogP contribution is 2.23. The number of fused-ring (bicyclic) bond motifs is 1. The van der Waals surface area contributed by atoms with E-state index in [1.54, 1.807) is 7.11 Å². The molecule has 114 valence electrons. The smallest absolute Gasteiger partial charge is 0.138 e. The number of anilines is 1. The second-order valence-corrected chi connectivity index (χ2v) is 5.67. The van der Waals surface area contributed by atoms with Gasteiger partial charge in [-0.1, -0.05) is 6.07 Å². The van der Waals surface area contributed by atoms with E-state index in [9.17, 15) is 0 Å². The Morgan fingerprint density at radius 3 is 3.00 bits per heavy atom. The normalized spacial score (nSPS) is 16.7. The molecule has 3 heterocycles. The molecule has 0 bridgehead atoms. The second kappa shape index (κ2) is 6.91. The number of piperidine rings is 1. The molecule has 21 heavy (non-hydrogen) atoms. The predicted molar refractivity (Wildman–Crippen MR) is 84.9 cm³/mol. The zero-order valence-corrected chi connectivity index (χ0v) is 12.7. The summed E-state index contributed by atoms with van der Waals surface area (Å²) in [5.41, 5.74) is 1.02. The SMILES string of the molecule is COCCNCC1CCN(c2cccc3nccn23)CC1. The summed E-state index contributed by atoms with van der Waals surface area (Å²) in [5.74, 6) is 2.04. The van der Waals surface area contributed by atoms with Crippen molar-refractivity contribution in [2.75, 3.05) is 44.8 Å². The van der Waals surface area contributed by atoms with Crippen LogP contribution in [-0.4, -0.2) is 49.3 Å². The average molecular weight is 288 g/mol. The fourth-order valence-corrected chi connectivity index (χ4v) is 3.04. The van der Waals surface area contributed by atoms with E-state index in [1.807, 2.05) is 12.4 Å². The van der Waals surface area contributed by atoms with Crippen LogP contribution in [0.4, 0.5) is 5.82 Å². The quantitative estimate of drug-likeness (QED) is 0.823. The van der Waals surface area contributed by atoms with Gasteiger partial charge in [0.1, 0.15) is 11.5 Å². The molecule has 1 aliphatic heterocycles. The van der Waals surface area contributed by atoms with Gasteiger partial charge in [0.2, 0.25) is 0 Å². The lowest BCUT2D eigenvalue weighted by atomic mass is 9.97. The van der Waals surface area contributed by atoms with Gasteiger partial charge in [-0.2, -0.15) is 0 Å². The van der Waals surface area contributed by atoms with Crippen molar-refractivity contribution in [3.63, 3.8) is 0 Å². The van der Waals surface area contributed by atoms with Crippen LogP contribution in [0.2, 0.25) is 0 Å². The number of nitrogens with zero attached hydrogens (tertiary/aromatic N) is 3. The van der Waals surface area contributed by atoms with Gasteiger partial charge in [0, 0.05) is 39.1 Å². The molecule has 0 radical (unpaired) electrons. The maximum absolute atomic E-state index is 5.06. The topological polar surface area (TPSA) is 41.8 Å². The van der Waals surface area contributed by atoms with Gasteiger partial charge < -0.3 is 15.0 Å². The molecule has 0 aliphatic carbocycles. The highest BCUT2D eigenvalue weighted by Gasteiger charge is 2.20. The molecule has 1 fully saturated rings. The molecule has 3 rings (SSSR count). The van der Waals surface area contributed by atoms with E-state index in [0.29, 0.717) is 0 Å². The summed E-state index contributed by atoms with van der Waals surface area (Å²) in [7, 11) is 1.75. The highest BCUT2D eigenvalue weighted by molar-refractivity contribution is 5.51. The van der Waals surface area contributed by atoms with Crippen molar-refractivity contribution in [3.05, 3.63) is 30.6 Å². The number of ether oxygens (including phenoxy) is 1. The van der Waals surface area contributed by atoms with Gasteiger partial charge in [0.05, 0.1) is 6.61 Å². The summed E-state index contributed by atoms with van der Waals surface area (Å²) in [6.45, 7) is 5.08. The molecule has 2 aromatic rings. The van der Waals surface area contributed by atoms with Crippen LogP contribution < -0.4 is 10.2 Å². The van der Waals surface area contributed by atoms with Gasteiger partial charge in [0.25, 0.3) is 0 Å². The summed E-state index contributed by atoms with van der Waals surface area (Å²) in [4.78, 5) is 6.83. The number of hydrogen-bond acceptors (Lipinski definition) is 4. The predicted octanol–water partition coefficient (Wildman–Crippen LogP) is 1.79. The summed E-state index contributed by atoms with van der Waals surface area (Å²) >= 11 is 0. The Balaban J connectivity index is 1.55. The largest absolute Gasteiger partial charge is 0.383 e. The number of aromatic nitrogens is 2. The summed E-state index contributed by atoms with van der Waals surface area (Å²) in [6, 6.07) is 6.33. The molecule has 1 saturated heterocycles. The van der Waals surface area contributed by atoms with Crippen LogP contribution in [0.3, 0.4) is 0 Å². The third-order valence-corrected chi connectivity index (χ3v) is 4.26. The molecule has 0 saturated carbocycles. The van der Waals surface area contributed by atoms with Crippen LogP contribution in [-0.2, 0) is 4.74 Å². The van der Waals surface area contributed by atoms with E-state index >= 15 is 0 Å². The molecule has 0 spiro atoms. The fourth-order valence-electron chi connectivity index (χ4n) is 3.04. The maximum atomic E-state index is 5.06. The number of nitrogens with one attached hydrogen (secondary N) is 1. The van der Waals surface area contributed by atoms with E-state index in [4.69, 9.17) is 4.74 Å².